The van der Waals surface area contributed by atoms with Gasteiger partial charge in [0.2, 0.25) is 0 Å². The van der Waals surface area contributed by atoms with Crippen LogP contribution in [0.25, 0.3) is 53.6 Å². The summed E-state index contributed by atoms with van der Waals surface area (Å²) in [5, 5.41) is 2.61. The fourth-order valence-electron chi connectivity index (χ4n) is 9.18. The highest BCUT2D eigenvalue weighted by atomic mass is 32.1. The van der Waals surface area contributed by atoms with Gasteiger partial charge in [-0.15, -0.1) is 11.3 Å². The van der Waals surface area contributed by atoms with Gasteiger partial charge >= 0.3 is 0 Å². The molecule has 0 saturated carbocycles. The Morgan fingerprint density at radius 2 is 0.789 bits per heavy atom. The summed E-state index contributed by atoms with van der Waals surface area (Å²) in [4.78, 5) is 2.30. The lowest BCUT2D eigenvalue weighted by atomic mass is 9.67. The van der Waals surface area contributed by atoms with Gasteiger partial charge in [-0.3, -0.25) is 0 Å². The van der Waals surface area contributed by atoms with Crippen molar-refractivity contribution in [2.45, 2.75) is 5.41 Å². The lowest BCUT2D eigenvalue weighted by molar-refractivity contribution is 0.770. The van der Waals surface area contributed by atoms with Gasteiger partial charge < -0.3 is 4.90 Å². The average molecular weight is 744 g/mol. The molecule has 1 aromatic heterocycles. The molecule has 0 unspecified atom stereocenters. The molecule has 1 aliphatic carbocycles. The first-order valence-corrected chi connectivity index (χ1v) is 20.4. The molecule has 2 heteroatoms. The van der Waals surface area contributed by atoms with Crippen LogP contribution in [0.3, 0.4) is 0 Å². The molecule has 0 aliphatic heterocycles. The summed E-state index contributed by atoms with van der Waals surface area (Å²) < 4.78 is 2.61. The summed E-state index contributed by atoms with van der Waals surface area (Å²) in [6.07, 6.45) is 0. The number of thiophene rings is 1. The van der Waals surface area contributed by atoms with Crippen molar-refractivity contribution in [2.24, 2.45) is 0 Å². The second-order valence-electron chi connectivity index (χ2n) is 14.9. The number of rotatable bonds is 7. The lowest BCUT2D eigenvalue weighted by Crippen LogP contribution is -2.28. The third-order valence-corrected chi connectivity index (χ3v) is 12.9. The van der Waals surface area contributed by atoms with Gasteiger partial charge in [0.15, 0.2) is 0 Å². The molecule has 1 aliphatic rings. The van der Waals surface area contributed by atoms with Crippen LogP contribution in [0.15, 0.2) is 224 Å². The van der Waals surface area contributed by atoms with Gasteiger partial charge in [-0.05, 0) is 110 Å². The minimum absolute atomic E-state index is 0.399. The number of nitrogens with zero attached hydrogens (tertiary/aromatic N) is 1. The second kappa shape index (κ2) is 13.6. The van der Waals surface area contributed by atoms with Crippen molar-refractivity contribution in [3.63, 3.8) is 0 Å². The van der Waals surface area contributed by atoms with Gasteiger partial charge in [-0.2, -0.15) is 0 Å². The molecule has 0 fully saturated rings. The smallest absolute Gasteiger partial charge is 0.0714 e. The zero-order valence-electron chi connectivity index (χ0n) is 31.2. The molecule has 11 rings (SSSR count). The van der Waals surface area contributed by atoms with Gasteiger partial charge in [0.25, 0.3) is 0 Å². The number of hydrogen-bond donors (Lipinski definition) is 0. The van der Waals surface area contributed by atoms with Crippen molar-refractivity contribution < 1.29 is 0 Å². The van der Waals surface area contributed by atoms with Crippen molar-refractivity contribution in [1.82, 2.24) is 0 Å². The normalized spacial score (nSPS) is 12.7. The Morgan fingerprint density at radius 1 is 0.316 bits per heavy atom. The van der Waals surface area contributed by atoms with Crippen molar-refractivity contribution >= 4 is 48.6 Å². The van der Waals surface area contributed by atoms with Gasteiger partial charge in [0.1, 0.15) is 0 Å². The molecule has 57 heavy (non-hydrogen) atoms. The summed E-state index contributed by atoms with van der Waals surface area (Å²) in [6.45, 7) is 0. The molecule has 0 bridgehead atoms. The number of benzene rings is 9. The van der Waals surface area contributed by atoms with Crippen molar-refractivity contribution in [2.75, 3.05) is 4.90 Å². The Balaban J connectivity index is 0.963. The molecule has 268 valence electrons. The Bertz CT molecular complexity index is 2970. The van der Waals surface area contributed by atoms with Crippen molar-refractivity contribution in [1.29, 1.82) is 0 Å². The third kappa shape index (κ3) is 5.44. The summed E-state index contributed by atoms with van der Waals surface area (Å²) in [5.41, 5.74) is 15.8. The minimum atomic E-state index is -0.399. The average Bonchev–Trinajstić information content (AvgIpc) is 3.81. The quantitative estimate of drug-likeness (QED) is 0.157. The van der Waals surface area contributed by atoms with E-state index in [-0.39, 0.29) is 0 Å². The zero-order valence-corrected chi connectivity index (χ0v) is 32.0. The van der Waals surface area contributed by atoms with E-state index in [4.69, 9.17) is 0 Å². The Morgan fingerprint density at radius 3 is 1.42 bits per heavy atom. The molecule has 0 atom stereocenters. The Kier molecular flexibility index (Phi) is 7.98. The second-order valence-corrected chi connectivity index (χ2v) is 15.9. The summed E-state index contributed by atoms with van der Waals surface area (Å²) in [5.74, 6) is 0. The maximum atomic E-state index is 2.46. The molecule has 0 radical (unpaired) electrons. The fraction of sp³-hybridized carbons (Fsp3) is 0.0182. The van der Waals surface area contributed by atoms with Crippen LogP contribution < -0.4 is 4.90 Å². The molecular formula is C55H37NS. The van der Waals surface area contributed by atoms with E-state index in [9.17, 15) is 0 Å². The van der Waals surface area contributed by atoms with Crippen LogP contribution in [-0.4, -0.2) is 0 Å². The molecule has 0 amide bonds. The van der Waals surface area contributed by atoms with Crippen molar-refractivity contribution in [3.8, 4) is 33.4 Å². The van der Waals surface area contributed by atoms with Crippen LogP contribution >= 0.6 is 11.3 Å². The number of hydrogen-bond acceptors (Lipinski definition) is 2. The van der Waals surface area contributed by atoms with Crippen LogP contribution in [0.4, 0.5) is 17.1 Å². The maximum Gasteiger partial charge on any atom is 0.0714 e. The first kappa shape index (κ1) is 33.3. The molecule has 0 N–H and O–H groups in total. The van der Waals surface area contributed by atoms with Crippen LogP contribution in [-0.2, 0) is 5.41 Å². The van der Waals surface area contributed by atoms with E-state index in [0.717, 1.165) is 17.1 Å². The van der Waals surface area contributed by atoms with Crippen LogP contribution in [0.5, 0.6) is 0 Å². The summed E-state index contributed by atoms with van der Waals surface area (Å²) in [7, 11) is 0. The fourth-order valence-corrected chi connectivity index (χ4v) is 10.4. The van der Waals surface area contributed by atoms with E-state index in [1.165, 1.54) is 75.8 Å². The maximum absolute atomic E-state index is 2.46. The molecule has 1 nitrogen and oxygen atoms in total. The molecule has 1 heterocycles. The van der Waals surface area contributed by atoms with E-state index in [1.54, 1.807) is 0 Å². The van der Waals surface area contributed by atoms with Crippen LogP contribution in [0.1, 0.15) is 22.3 Å². The highest BCUT2D eigenvalue weighted by Crippen LogP contribution is 2.56. The number of fused-ring (bicyclic) bond motifs is 6. The predicted molar refractivity (Wildman–Crippen MR) is 242 cm³/mol. The van der Waals surface area contributed by atoms with E-state index < -0.39 is 5.41 Å². The van der Waals surface area contributed by atoms with Crippen LogP contribution in [0.2, 0.25) is 0 Å². The number of anilines is 3. The predicted octanol–water partition coefficient (Wildman–Crippen LogP) is 15.2. The highest BCUT2D eigenvalue weighted by Gasteiger charge is 2.45. The van der Waals surface area contributed by atoms with Crippen molar-refractivity contribution in [3.05, 3.63) is 247 Å². The van der Waals surface area contributed by atoms with Gasteiger partial charge in [-0.1, -0.05) is 170 Å². The van der Waals surface area contributed by atoms with Gasteiger partial charge in [-0.25, -0.2) is 0 Å². The van der Waals surface area contributed by atoms with Gasteiger partial charge in [0.05, 0.1) is 5.41 Å². The minimum Gasteiger partial charge on any atom is -0.311 e. The SMILES string of the molecule is c1ccc(N(c2ccccc2)c2ccc(-c3cccc(-c4ccc5c(c4)sc4cc(C6(c7ccccc7)c7ccccc7-c7ccccc76)ccc45)c3)cc2)cc1. The molecule has 0 spiro atoms. The number of para-hydroxylation sites is 2. The summed E-state index contributed by atoms with van der Waals surface area (Å²) in [6, 6.07) is 82.2. The Labute approximate surface area is 337 Å². The molecule has 9 aromatic carbocycles. The zero-order chi connectivity index (χ0) is 37.8. The standard InChI is InChI=1S/C55H37NS/c1-4-17-42(18-5-1)55(51-25-12-10-23-47(51)48-24-11-13-26-52(48)55)43-30-34-50-49-33-29-41(36-53(49)57-54(50)37-43)40-16-14-15-39(35-40)38-27-31-46(32-28-38)56(44-19-6-2-7-20-44)45-21-8-3-9-22-45/h1-37H. The monoisotopic (exact) mass is 743 g/mol. The molecule has 0 saturated heterocycles. The topological polar surface area (TPSA) is 3.24 Å². The lowest BCUT2D eigenvalue weighted by Gasteiger charge is -2.33. The largest absolute Gasteiger partial charge is 0.311 e. The van der Waals surface area contributed by atoms with E-state index in [2.05, 4.69) is 229 Å². The first-order valence-electron chi connectivity index (χ1n) is 19.6. The van der Waals surface area contributed by atoms with E-state index in [0.29, 0.717) is 0 Å². The molecule has 10 aromatic rings. The highest BCUT2D eigenvalue weighted by molar-refractivity contribution is 7.25. The van der Waals surface area contributed by atoms with E-state index in [1.807, 2.05) is 11.3 Å². The first-order chi connectivity index (χ1) is 28.3. The van der Waals surface area contributed by atoms with Gasteiger partial charge in [0, 0.05) is 37.2 Å². The molecular weight excluding hydrogens is 707 g/mol. The third-order valence-electron chi connectivity index (χ3n) is 11.7. The Hall–Kier alpha value is -7.00. The van der Waals surface area contributed by atoms with Crippen LogP contribution in [0, 0.1) is 0 Å². The van der Waals surface area contributed by atoms with E-state index >= 15 is 0 Å². The summed E-state index contributed by atoms with van der Waals surface area (Å²) >= 11 is 1.90.